The van der Waals surface area contributed by atoms with Crippen LogP contribution in [0.25, 0.3) is 0 Å². The fraction of sp³-hybridized carbons (Fsp3) is 0.556. The molecule has 62 valence electrons. The van der Waals surface area contributed by atoms with Gasteiger partial charge in [-0.3, -0.25) is 0 Å². The van der Waals surface area contributed by atoms with Crippen molar-refractivity contribution in [2.24, 2.45) is 0 Å². The van der Waals surface area contributed by atoms with Crippen LogP contribution in [0.4, 0.5) is 0 Å². The van der Waals surface area contributed by atoms with Gasteiger partial charge in [0.05, 0.1) is 0 Å². The first-order valence-corrected chi connectivity index (χ1v) is 4.15. The van der Waals surface area contributed by atoms with Gasteiger partial charge in [-0.1, -0.05) is 24.3 Å². The van der Waals surface area contributed by atoms with Crippen LogP contribution in [-0.4, -0.2) is 26.2 Å². The first-order valence-electron chi connectivity index (χ1n) is 4.15. The Morgan fingerprint density at radius 3 is 2.91 bits per heavy atom. The fourth-order valence-electron chi connectivity index (χ4n) is 1.11. The Morgan fingerprint density at radius 1 is 1.36 bits per heavy atom. The van der Waals surface area contributed by atoms with Gasteiger partial charge in [0, 0.05) is 19.1 Å². The number of nitrogens with one attached hydrogen (secondary N) is 2. The molecule has 0 spiro atoms. The topological polar surface area (TPSA) is 24.1 Å². The number of hydrogen-bond acceptors (Lipinski definition) is 2. The quantitative estimate of drug-likeness (QED) is 0.579. The maximum Gasteiger partial charge on any atom is 0.0288 e. The van der Waals surface area contributed by atoms with Gasteiger partial charge in [-0.25, -0.2) is 0 Å². The standard InChI is InChI=1S/C9H16N2/c1-10-7-8-11-9-5-3-2-4-6-9/h2-5,9-11H,6-8H2,1H3. The summed E-state index contributed by atoms with van der Waals surface area (Å²) in [5.74, 6) is 0. The Kier molecular flexibility index (Phi) is 3.94. The summed E-state index contributed by atoms with van der Waals surface area (Å²) >= 11 is 0. The van der Waals surface area contributed by atoms with Gasteiger partial charge in [0.2, 0.25) is 0 Å². The average molecular weight is 152 g/mol. The summed E-state index contributed by atoms with van der Waals surface area (Å²) in [7, 11) is 1.97. The van der Waals surface area contributed by atoms with E-state index in [1.807, 2.05) is 7.05 Å². The van der Waals surface area contributed by atoms with Crippen molar-refractivity contribution in [1.29, 1.82) is 0 Å². The van der Waals surface area contributed by atoms with Crippen LogP contribution in [0.5, 0.6) is 0 Å². The van der Waals surface area contributed by atoms with Crippen LogP contribution in [0, 0.1) is 0 Å². The first-order chi connectivity index (χ1) is 5.43. The summed E-state index contributed by atoms with van der Waals surface area (Å²) in [6.45, 7) is 2.08. The largest absolute Gasteiger partial charge is 0.318 e. The second-order valence-corrected chi connectivity index (χ2v) is 2.71. The third-order valence-electron chi connectivity index (χ3n) is 1.76. The smallest absolute Gasteiger partial charge is 0.0288 e. The third-order valence-corrected chi connectivity index (χ3v) is 1.76. The monoisotopic (exact) mass is 152 g/mol. The third kappa shape index (κ3) is 3.35. The molecule has 2 heteroatoms. The highest BCUT2D eigenvalue weighted by molar-refractivity contribution is 5.13. The second-order valence-electron chi connectivity index (χ2n) is 2.71. The molecule has 0 amide bonds. The molecule has 0 heterocycles. The minimum atomic E-state index is 0.549. The second kappa shape index (κ2) is 5.10. The molecule has 0 radical (unpaired) electrons. The minimum absolute atomic E-state index is 0.549. The summed E-state index contributed by atoms with van der Waals surface area (Å²) < 4.78 is 0. The maximum absolute atomic E-state index is 3.42. The summed E-state index contributed by atoms with van der Waals surface area (Å²) in [4.78, 5) is 0. The fourth-order valence-corrected chi connectivity index (χ4v) is 1.11. The summed E-state index contributed by atoms with van der Waals surface area (Å²) in [5.41, 5.74) is 0. The lowest BCUT2D eigenvalue weighted by Gasteiger charge is -2.14. The lowest BCUT2D eigenvalue weighted by atomic mass is 10.1. The van der Waals surface area contributed by atoms with E-state index in [4.69, 9.17) is 0 Å². The molecular weight excluding hydrogens is 136 g/mol. The van der Waals surface area contributed by atoms with Crippen LogP contribution in [0.1, 0.15) is 6.42 Å². The molecule has 0 aliphatic heterocycles. The van der Waals surface area contributed by atoms with Crippen LogP contribution in [0.15, 0.2) is 24.3 Å². The SMILES string of the molecule is CNCCNC1C=CC=CC1. The van der Waals surface area contributed by atoms with Crippen molar-refractivity contribution >= 4 is 0 Å². The van der Waals surface area contributed by atoms with Gasteiger partial charge < -0.3 is 10.6 Å². The minimum Gasteiger partial charge on any atom is -0.318 e. The zero-order valence-electron chi connectivity index (χ0n) is 7.01. The highest BCUT2D eigenvalue weighted by Gasteiger charge is 2.01. The molecule has 2 nitrogen and oxygen atoms in total. The van der Waals surface area contributed by atoms with Crippen molar-refractivity contribution < 1.29 is 0 Å². The van der Waals surface area contributed by atoms with Crippen molar-refractivity contribution in [3.8, 4) is 0 Å². The van der Waals surface area contributed by atoms with Crippen molar-refractivity contribution in [2.45, 2.75) is 12.5 Å². The van der Waals surface area contributed by atoms with Crippen LogP contribution < -0.4 is 10.6 Å². The summed E-state index contributed by atoms with van der Waals surface area (Å²) in [6, 6.07) is 0.549. The molecule has 0 aromatic carbocycles. The molecule has 0 aromatic heterocycles. The molecule has 0 aromatic rings. The van der Waals surface area contributed by atoms with Gasteiger partial charge in [-0.2, -0.15) is 0 Å². The summed E-state index contributed by atoms with van der Waals surface area (Å²) in [5, 5.41) is 6.52. The van der Waals surface area contributed by atoms with Gasteiger partial charge in [0.25, 0.3) is 0 Å². The highest BCUT2D eigenvalue weighted by Crippen LogP contribution is 2.01. The van der Waals surface area contributed by atoms with Crippen LogP contribution in [-0.2, 0) is 0 Å². The van der Waals surface area contributed by atoms with Crippen LogP contribution >= 0.6 is 0 Å². The lowest BCUT2D eigenvalue weighted by Crippen LogP contribution is -2.33. The highest BCUT2D eigenvalue weighted by atomic mass is 14.9. The molecule has 2 N–H and O–H groups in total. The van der Waals surface area contributed by atoms with Crippen molar-refractivity contribution in [1.82, 2.24) is 10.6 Å². The number of allylic oxidation sites excluding steroid dienone is 2. The van der Waals surface area contributed by atoms with E-state index in [9.17, 15) is 0 Å². The van der Waals surface area contributed by atoms with E-state index >= 15 is 0 Å². The average Bonchev–Trinajstić information content (AvgIpc) is 2.07. The molecule has 0 bridgehead atoms. The normalized spacial score (nSPS) is 22.5. The molecular formula is C9H16N2. The van der Waals surface area contributed by atoms with E-state index in [2.05, 4.69) is 34.9 Å². The molecule has 1 unspecified atom stereocenters. The Bertz CT molecular complexity index is 150. The molecule has 1 aliphatic carbocycles. The van der Waals surface area contributed by atoms with Gasteiger partial charge in [0.15, 0.2) is 0 Å². The first kappa shape index (κ1) is 8.50. The van der Waals surface area contributed by atoms with E-state index in [1.54, 1.807) is 0 Å². The Labute approximate surface area is 68.4 Å². The van der Waals surface area contributed by atoms with E-state index in [-0.39, 0.29) is 0 Å². The Morgan fingerprint density at radius 2 is 2.27 bits per heavy atom. The zero-order valence-corrected chi connectivity index (χ0v) is 7.01. The molecule has 0 saturated carbocycles. The molecule has 0 fully saturated rings. The van der Waals surface area contributed by atoms with Crippen LogP contribution in [0.2, 0.25) is 0 Å². The van der Waals surface area contributed by atoms with Crippen molar-refractivity contribution in [3.05, 3.63) is 24.3 Å². The number of rotatable bonds is 4. The van der Waals surface area contributed by atoms with E-state index in [1.165, 1.54) is 0 Å². The molecule has 11 heavy (non-hydrogen) atoms. The van der Waals surface area contributed by atoms with Gasteiger partial charge in [-0.15, -0.1) is 0 Å². The molecule has 1 aliphatic rings. The molecule has 1 rings (SSSR count). The zero-order chi connectivity index (χ0) is 7.94. The maximum atomic E-state index is 3.42. The Hall–Kier alpha value is -0.600. The summed E-state index contributed by atoms with van der Waals surface area (Å²) in [6.07, 6.45) is 9.71. The van der Waals surface area contributed by atoms with E-state index in [0.29, 0.717) is 6.04 Å². The lowest BCUT2D eigenvalue weighted by molar-refractivity contribution is 0.579. The van der Waals surface area contributed by atoms with E-state index in [0.717, 1.165) is 19.5 Å². The van der Waals surface area contributed by atoms with Gasteiger partial charge in [-0.05, 0) is 13.5 Å². The van der Waals surface area contributed by atoms with Gasteiger partial charge in [0.1, 0.15) is 0 Å². The van der Waals surface area contributed by atoms with Crippen molar-refractivity contribution in [2.75, 3.05) is 20.1 Å². The predicted octanol–water partition coefficient (Wildman–Crippen LogP) is 0.680. The molecule has 0 saturated heterocycles. The Balaban J connectivity index is 2.07. The number of hydrogen-bond donors (Lipinski definition) is 2. The van der Waals surface area contributed by atoms with E-state index < -0.39 is 0 Å². The molecule has 1 atom stereocenters. The number of likely N-dealkylation sites (N-methyl/N-ethyl adjacent to an activating group) is 1. The van der Waals surface area contributed by atoms with Crippen molar-refractivity contribution in [3.63, 3.8) is 0 Å². The van der Waals surface area contributed by atoms with Gasteiger partial charge >= 0.3 is 0 Å². The predicted molar refractivity (Wildman–Crippen MR) is 48.6 cm³/mol. The van der Waals surface area contributed by atoms with Crippen LogP contribution in [0.3, 0.4) is 0 Å².